The maximum absolute atomic E-state index is 12.6. The number of aliphatic hydroxyl groups is 4. The van der Waals surface area contributed by atoms with Gasteiger partial charge >= 0.3 is 0 Å². The number of carbonyl (C=O) groups excluding carboxylic acids is 1. The molecule has 0 aromatic carbocycles. The molecule has 406 valence electrons. The Hall–Kier alpha value is -1.73. The Morgan fingerprint density at radius 3 is 0.928 bits per heavy atom. The number of carbonyl (C=O) groups is 1. The molecule has 0 aromatic heterocycles. The number of unbranched alkanes of at least 4 members (excludes halogenated alkanes) is 39. The van der Waals surface area contributed by atoms with E-state index in [2.05, 4.69) is 67.8 Å². The number of allylic oxidation sites excluding steroid dienone is 8. The molecule has 0 heterocycles. The van der Waals surface area contributed by atoms with Gasteiger partial charge in [-0.25, -0.2) is 0 Å². The Morgan fingerprint density at radius 1 is 0.348 bits per heavy atom. The van der Waals surface area contributed by atoms with Crippen LogP contribution in [0.2, 0.25) is 0 Å². The van der Waals surface area contributed by atoms with Crippen LogP contribution < -0.4 is 5.32 Å². The van der Waals surface area contributed by atoms with Gasteiger partial charge in [0.1, 0.15) is 12.2 Å². The maximum Gasteiger partial charge on any atom is 0.249 e. The summed E-state index contributed by atoms with van der Waals surface area (Å²) in [6.45, 7) is 4.04. The van der Waals surface area contributed by atoms with E-state index in [4.69, 9.17) is 0 Å². The zero-order chi connectivity index (χ0) is 50.2. The minimum absolute atomic E-state index is 0.359. The Labute approximate surface area is 429 Å². The first-order chi connectivity index (χ1) is 34.0. The fourth-order valence-corrected chi connectivity index (χ4v) is 9.43. The first-order valence-electron chi connectivity index (χ1n) is 30.5. The van der Waals surface area contributed by atoms with Gasteiger partial charge in [0.2, 0.25) is 5.91 Å². The Kier molecular flexibility index (Phi) is 55.7. The summed E-state index contributed by atoms with van der Waals surface area (Å²) in [6.07, 6.45) is 73.5. The number of amides is 1. The Morgan fingerprint density at radius 2 is 0.609 bits per heavy atom. The van der Waals surface area contributed by atoms with Crippen LogP contribution in [0.3, 0.4) is 0 Å². The number of hydrogen-bond acceptors (Lipinski definition) is 5. The van der Waals surface area contributed by atoms with Gasteiger partial charge in [-0.2, -0.15) is 0 Å². The minimum Gasteiger partial charge on any atom is -0.394 e. The molecule has 5 N–H and O–H groups in total. The maximum atomic E-state index is 12.6. The zero-order valence-electron chi connectivity index (χ0n) is 46.1. The van der Waals surface area contributed by atoms with Gasteiger partial charge in [0, 0.05) is 0 Å². The molecule has 6 nitrogen and oxygen atoms in total. The third-order valence-electron chi connectivity index (χ3n) is 14.2. The molecular weight excluding hydrogens is 851 g/mol. The lowest BCUT2D eigenvalue weighted by Gasteiger charge is -2.27. The second-order valence-corrected chi connectivity index (χ2v) is 21.0. The summed E-state index contributed by atoms with van der Waals surface area (Å²) in [7, 11) is 0. The third-order valence-corrected chi connectivity index (χ3v) is 14.2. The molecule has 1 amide bonds. The van der Waals surface area contributed by atoms with Gasteiger partial charge in [-0.1, -0.05) is 274 Å². The predicted octanol–water partition coefficient (Wildman–Crippen LogP) is 18.1. The molecule has 0 saturated carbocycles. The lowest BCUT2D eigenvalue weighted by Crippen LogP contribution is -2.53. The second-order valence-electron chi connectivity index (χ2n) is 21.0. The molecule has 0 saturated heterocycles. The Balaban J connectivity index is 3.57. The van der Waals surface area contributed by atoms with Gasteiger partial charge in [-0.05, 0) is 89.9 Å². The highest BCUT2D eigenvalue weighted by Crippen LogP contribution is 2.18. The molecule has 0 aromatic rings. The zero-order valence-corrected chi connectivity index (χ0v) is 46.1. The molecule has 69 heavy (non-hydrogen) atoms. The van der Waals surface area contributed by atoms with Crippen LogP contribution in [-0.2, 0) is 4.79 Å². The van der Waals surface area contributed by atoms with Crippen molar-refractivity contribution >= 4 is 5.91 Å². The predicted molar refractivity (Wildman–Crippen MR) is 302 cm³/mol. The summed E-state index contributed by atoms with van der Waals surface area (Å²) >= 11 is 0. The van der Waals surface area contributed by atoms with E-state index in [1.54, 1.807) is 0 Å². The normalized spacial score (nSPS) is 14.0. The van der Waals surface area contributed by atoms with Crippen molar-refractivity contribution in [3.05, 3.63) is 48.6 Å². The first-order valence-corrected chi connectivity index (χ1v) is 30.5. The van der Waals surface area contributed by atoms with Crippen molar-refractivity contribution in [1.82, 2.24) is 5.32 Å². The molecular formula is C63H119NO5. The topological polar surface area (TPSA) is 110 Å². The molecule has 0 spiro atoms. The highest BCUT2D eigenvalue weighted by Gasteiger charge is 2.28. The highest BCUT2D eigenvalue weighted by atomic mass is 16.3. The summed E-state index contributed by atoms with van der Waals surface area (Å²) in [5.74, 6) is -0.597. The van der Waals surface area contributed by atoms with Crippen molar-refractivity contribution in [2.75, 3.05) is 6.61 Å². The lowest BCUT2D eigenvalue weighted by molar-refractivity contribution is -0.132. The van der Waals surface area contributed by atoms with E-state index in [9.17, 15) is 25.2 Å². The van der Waals surface area contributed by atoms with Gasteiger partial charge in [0.05, 0.1) is 18.8 Å². The van der Waals surface area contributed by atoms with Crippen LogP contribution in [0.1, 0.15) is 316 Å². The number of aliphatic hydroxyl groups excluding tert-OH is 4. The summed E-state index contributed by atoms with van der Waals surface area (Å²) in [4.78, 5) is 12.6. The first kappa shape index (κ1) is 67.3. The SMILES string of the molecule is CCCCCC/C=C/CC/C=C/CC/C=C/CCCC(O)C(O)C(CO)NC(=O)C(O)CCCCCCCCCCCCCCCCCC/C=C\CCCCCCCCCCCCCCCCCC. The van der Waals surface area contributed by atoms with E-state index in [-0.39, 0.29) is 0 Å². The number of hydrogen-bond donors (Lipinski definition) is 5. The monoisotopic (exact) mass is 970 g/mol. The van der Waals surface area contributed by atoms with E-state index < -0.39 is 36.9 Å². The molecule has 0 aliphatic heterocycles. The van der Waals surface area contributed by atoms with Crippen LogP contribution in [0.25, 0.3) is 0 Å². The van der Waals surface area contributed by atoms with Crippen LogP contribution in [0, 0.1) is 0 Å². The quantitative estimate of drug-likeness (QED) is 0.0308. The van der Waals surface area contributed by atoms with Gasteiger partial charge < -0.3 is 25.7 Å². The standard InChI is InChI=1S/C63H119NO5/c1-3-5-7-9-11-13-15-17-19-21-22-23-24-25-26-27-28-29-30-31-32-33-34-35-36-37-38-39-41-43-45-47-49-51-53-55-57-61(67)63(69)64-59(58-65)62(68)60(66)56-54-52-50-48-46-44-42-40-20-18-16-14-12-10-8-6-4-2/h14,16,29-30,40,42,48,50,59-62,65-68H,3-13,15,17-28,31-39,41,43-47,49,51-58H2,1-2H3,(H,64,69)/b16-14+,30-29-,42-40+,50-48+. The Bertz CT molecular complexity index is 1130. The van der Waals surface area contributed by atoms with E-state index >= 15 is 0 Å². The largest absolute Gasteiger partial charge is 0.394 e. The molecule has 6 heteroatoms. The molecule has 0 fully saturated rings. The average Bonchev–Trinajstić information content (AvgIpc) is 3.35. The van der Waals surface area contributed by atoms with E-state index in [1.807, 2.05) is 0 Å². The van der Waals surface area contributed by atoms with E-state index in [1.165, 1.54) is 231 Å². The van der Waals surface area contributed by atoms with Crippen LogP contribution in [0.5, 0.6) is 0 Å². The van der Waals surface area contributed by atoms with Crippen molar-refractivity contribution in [3.63, 3.8) is 0 Å². The van der Waals surface area contributed by atoms with Crippen molar-refractivity contribution in [3.8, 4) is 0 Å². The van der Waals surface area contributed by atoms with Crippen LogP contribution in [0.15, 0.2) is 48.6 Å². The fourth-order valence-electron chi connectivity index (χ4n) is 9.43. The van der Waals surface area contributed by atoms with Gasteiger partial charge in [-0.3, -0.25) is 4.79 Å². The molecule has 0 aliphatic rings. The van der Waals surface area contributed by atoms with Gasteiger partial charge in [0.25, 0.3) is 0 Å². The molecule has 4 unspecified atom stereocenters. The van der Waals surface area contributed by atoms with Crippen molar-refractivity contribution < 1.29 is 25.2 Å². The molecule has 4 atom stereocenters. The van der Waals surface area contributed by atoms with Crippen molar-refractivity contribution in [2.24, 2.45) is 0 Å². The summed E-state index contributed by atoms with van der Waals surface area (Å²) in [6, 6.07) is -1.01. The molecule has 0 radical (unpaired) electrons. The third kappa shape index (κ3) is 51.0. The van der Waals surface area contributed by atoms with Crippen LogP contribution >= 0.6 is 0 Å². The minimum atomic E-state index is -1.29. The molecule has 0 bridgehead atoms. The van der Waals surface area contributed by atoms with Gasteiger partial charge in [0.15, 0.2) is 0 Å². The van der Waals surface area contributed by atoms with Gasteiger partial charge in [-0.15, -0.1) is 0 Å². The smallest absolute Gasteiger partial charge is 0.249 e. The molecule has 0 aliphatic carbocycles. The molecule has 0 rings (SSSR count). The number of rotatable bonds is 56. The van der Waals surface area contributed by atoms with E-state index in [0.717, 1.165) is 51.4 Å². The highest BCUT2D eigenvalue weighted by molar-refractivity contribution is 5.80. The lowest BCUT2D eigenvalue weighted by atomic mass is 10.00. The van der Waals surface area contributed by atoms with Crippen LogP contribution in [0.4, 0.5) is 0 Å². The fraction of sp³-hybridized carbons (Fsp3) is 0.857. The second kappa shape index (κ2) is 57.2. The summed E-state index contributed by atoms with van der Waals surface area (Å²) < 4.78 is 0. The summed E-state index contributed by atoms with van der Waals surface area (Å²) in [5, 5.41) is 43.9. The van der Waals surface area contributed by atoms with E-state index in [0.29, 0.717) is 19.3 Å². The number of nitrogens with one attached hydrogen (secondary N) is 1. The van der Waals surface area contributed by atoms with Crippen molar-refractivity contribution in [2.45, 2.75) is 340 Å². The average molecular weight is 971 g/mol. The van der Waals surface area contributed by atoms with Crippen molar-refractivity contribution in [1.29, 1.82) is 0 Å². The van der Waals surface area contributed by atoms with Crippen LogP contribution in [-0.4, -0.2) is 57.3 Å². The summed E-state index contributed by atoms with van der Waals surface area (Å²) in [5.41, 5.74) is 0.